The Morgan fingerprint density at radius 2 is 2.25 bits per heavy atom. The first kappa shape index (κ1) is 14.6. The number of aryl methyl sites for hydroxylation is 2. The van der Waals surface area contributed by atoms with Crippen molar-refractivity contribution in [1.29, 1.82) is 0 Å². The van der Waals surface area contributed by atoms with Crippen molar-refractivity contribution in [2.24, 2.45) is 4.99 Å². The zero-order valence-corrected chi connectivity index (χ0v) is 12.9. The summed E-state index contributed by atoms with van der Waals surface area (Å²) >= 11 is 1.76. The second-order valence-corrected chi connectivity index (χ2v) is 5.77. The first-order valence-corrected chi connectivity index (χ1v) is 7.39. The molecule has 0 saturated carbocycles. The Morgan fingerprint density at radius 1 is 1.40 bits per heavy atom. The van der Waals surface area contributed by atoms with E-state index in [0.29, 0.717) is 6.54 Å². The van der Waals surface area contributed by atoms with Crippen LogP contribution in [0, 0.1) is 13.8 Å². The molecule has 2 aromatic rings. The quantitative estimate of drug-likeness (QED) is 0.655. The molecule has 0 unspecified atom stereocenters. The van der Waals surface area contributed by atoms with Gasteiger partial charge in [0.1, 0.15) is 0 Å². The molecule has 0 fully saturated rings. The van der Waals surface area contributed by atoms with Gasteiger partial charge < -0.3 is 15.1 Å². The fourth-order valence-electron chi connectivity index (χ4n) is 1.73. The topological polar surface area (TPSA) is 62.5 Å². The molecule has 0 aromatic carbocycles. The molecule has 0 spiro atoms. The van der Waals surface area contributed by atoms with Gasteiger partial charge in [0, 0.05) is 37.0 Å². The van der Waals surface area contributed by atoms with Gasteiger partial charge in [-0.05, 0) is 19.9 Å². The lowest BCUT2D eigenvalue weighted by Gasteiger charge is -2.10. The van der Waals surface area contributed by atoms with Gasteiger partial charge in [-0.3, -0.25) is 4.99 Å². The van der Waals surface area contributed by atoms with Crippen molar-refractivity contribution >= 4 is 17.3 Å². The van der Waals surface area contributed by atoms with Crippen LogP contribution in [-0.2, 0) is 13.0 Å². The molecular weight excluding hydrogens is 272 g/mol. The molecule has 0 radical (unpaired) electrons. The molecule has 108 valence electrons. The molecule has 0 bridgehead atoms. The van der Waals surface area contributed by atoms with Crippen LogP contribution >= 0.6 is 11.3 Å². The van der Waals surface area contributed by atoms with Gasteiger partial charge >= 0.3 is 0 Å². The summed E-state index contributed by atoms with van der Waals surface area (Å²) in [6.07, 6.45) is 4.30. The van der Waals surface area contributed by atoms with Crippen LogP contribution in [0.3, 0.4) is 0 Å². The fraction of sp³-hybridized carbons (Fsp3) is 0.429. The van der Waals surface area contributed by atoms with Crippen molar-refractivity contribution in [2.45, 2.75) is 26.8 Å². The van der Waals surface area contributed by atoms with E-state index in [0.717, 1.165) is 35.2 Å². The molecule has 5 nitrogen and oxygen atoms in total. The Morgan fingerprint density at radius 3 is 2.85 bits per heavy atom. The molecular formula is C14H20N4OS. The largest absolute Gasteiger partial charge is 0.472 e. The SMILES string of the molecule is CN=C(NCCc1nc(C)c(C)s1)NCc1ccoc1. The van der Waals surface area contributed by atoms with Gasteiger partial charge in [0.2, 0.25) is 0 Å². The standard InChI is InChI=1S/C14H20N4OS/c1-10-11(2)20-13(18-10)4-6-16-14(15-3)17-8-12-5-7-19-9-12/h5,7,9H,4,6,8H2,1-3H3,(H2,15,16,17). The number of aliphatic imine (C=N–C) groups is 1. The summed E-state index contributed by atoms with van der Waals surface area (Å²) in [6, 6.07) is 1.93. The van der Waals surface area contributed by atoms with Gasteiger partial charge in [0.15, 0.2) is 5.96 Å². The second-order valence-electron chi connectivity index (χ2n) is 4.48. The molecule has 2 aromatic heterocycles. The Balaban J connectivity index is 1.74. The van der Waals surface area contributed by atoms with E-state index in [1.165, 1.54) is 4.88 Å². The van der Waals surface area contributed by atoms with Gasteiger partial charge in [0.05, 0.1) is 23.2 Å². The third-order valence-electron chi connectivity index (χ3n) is 2.97. The first-order valence-electron chi connectivity index (χ1n) is 6.57. The normalized spacial score (nSPS) is 11.7. The maximum atomic E-state index is 5.03. The van der Waals surface area contributed by atoms with E-state index in [2.05, 4.69) is 27.5 Å². The monoisotopic (exact) mass is 292 g/mol. The lowest BCUT2D eigenvalue weighted by Crippen LogP contribution is -2.37. The van der Waals surface area contributed by atoms with Gasteiger partial charge in [-0.15, -0.1) is 11.3 Å². The van der Waals surface area contributed by atoms with Crippen LogP contribution in [0.4, 0.5) is 0 Å². The van der Waals surface area contributed by atoms with Crippen LogP contribution in [0.5, 0.6) is 0 Å². The van der Waals surface area contributed by atoms with Gasteiger partial charge in [-0.2, -0.15) is 0 Å². The summed E-state index contributed by atoms with van der Waals surface area (Å²) in [6.45, 7) is 5.67. The maximum Gasteiger partial charge on any atom is 0.191 e. The van der Waals surface area contributed by atoms with E-state index >= 15 is 0 Å². The van der Waals surface area contributed by atoms with Crippen LogP contribution in [0.2, 0.25) is 0 Å². The highest BCUT2D eigenvalue weighted by molar-refractivity contribution is 7.11. The van der Waals surface area contributed by atoms with Crippen molar-refractivity contribution in [3.8, 4) is 0 Å². The number of nitrogens with one attached hydrogen (secondary N) is 2. The van der Waals surface area contributed by atoms with Crippen molar-refractivity contribution in [2.75, 3.05) is 13.6 Å². The van der Waals surface area contributed by atoms with E-state index < -0.39 is 0 Å². The maximum absolute atomic E-state index is 5.03. The van der Waals surface area contributed by atoms with Crippen molar-refractivity contribution in [1.82, 2.24) is 15.6 Å². The highest BCUT2D eigenvalue weighted by Crippen LogP contribution is 2.16. The second kappa shape index (κ2) is 7.09. The Bertz CT molecular complexity index is 540. The Hall–Kier alpha value is -1.82. The lowest BCUT2D eigenvalue weighted by atomic mass is 10.3. The van der Waals surface area contributed by atoms with E-state index in [1.54, 1.807) is 30.9 Å². The summed E-state index contributed by atoms with van der Waals surface area (Å²) in [4.78, 5) is 10.0. The molecule has 0 saturated heterocycles. The zero-order chi connectivity index (χ0) is 14.4. The average molecular weight is 292 g/mol. The summed E-state index contributed by atoms with van der Waals surface area (Å²) in [5, 5.41) is 7.69. The molecule has 2 rings (SSSR count). The molecule has 2 heterocycles. The molecule has 0 aliphatic carbocycles. The minimum absolute atomic E-state index is 0.700. The fourth-order valence-corrected chi connectivity index (χ4v) is 2.67. The summed E-state index contributed by atoms with van der Waals surface area (Å²) < 4.78 is 5.03. The molecule has 2 N–H and O–H groups in total. The number of rotatable bonds is 5. The molecule has 0 aliphatic rings. The summed E-state index contributed by atoms with van der Waals surface area (Å²) in [5.74, 6) is 0.788. The minimum Gasteiger partial charge on any atom is -0.472 e. The number of hydrogen-bond acceptors (Lipinski definition) is 4. The van der Waals surface area contributed by atoms with Crippen LogP contribution in [0.25, 0.3) is 0 Å². The van der Waals surface area contributed by atoms with Crippen molar-refractivity contribution < 1.29 is 4.42 Å². The highest BCUT2D eigenvalue weighted by atomic mass is 32.1. The molecule has 0 amide bonds. The first-order chi connectivity index (χ1) is 9.69. The van der Waals surface area contributed by atoms with Gasteiger partial charge in [0.25, 0.3) is 0 Å². The summed E-state index contributed by atoms with van der Waals surface area (Å²) in [5.41, 5.74) is 2.23. The van der Waals surface area contributed by atoms with Gasteiger partial charge in [-0.1, -0.05) is 0 Å². The van der Waals surface area contributed by atoms with E-state index in [9.17, 15) is 0 Å². The smallest absolute Gasteiger partial charge is 0.191 e. The van der Waals surface area contributed by atoms with Crippen LogP contribution in [0.1, 0.15) is 21.1 Å². The number of thiazole rings is 1. The van der Waals surface area contributed by atoms with E-state index in [-0.39, 0.29) is 0 Å². The number of nitrogens with zero attached hydrogens (tertiary/aromatic N) is 2. The minimum atomic E-state index is 0.700. The van der Waals surface area contributed by atoms with E-state index in [4.69, 9.17) is 4.42 Å². The average Bonchev–Trinajstić information content (AvgIpc) is 3.05. The van der Waals surface area contributed by atoms with Gasteiger partial charge in [-0.25, -0.2) is 4.98 Å². The predicted octanol–water partition coefficient (Wildman–Crippen LogP) is 2.26. The Labute approximate surface area is 123 Å². The molecule has 0 aliphatic heterocycles. The number of furan rings is 1. The van der Waals surface area contributed by atoms with Crippen LogP contribution in [-0.4, -0.2) is 24.5 Å². The van der Waals surface area contributed by atoms with Crippen LogP contribution in [0.15, 0.2) is 28.0 Å². The lowest BCUT2D eigenvalue weighted by molar-refractivity contribution is 0.563. The third kappa shape index (κ3) is 4.09. The molecule has 6 heteroatoms. The molecule has 20 heavy (non-hydrogen) atoms. The van der Waals surface area contributed by atoms with Crippen molar-refractivity contribution in [3.63, 3.8) is 0 Å². The van der Waals surface area contributed by atoms with Crippen LogP contribution < -0.4 is 10.6 Å². The number of hydrogen-bond donors (Lipinski definition) is 2. The summed E-state index contributed by atoms with van der Waals surface area (Å²) in [7, 11) is 1.77. The number of aromatic nitrogens is 1. The molecule has 0 atom stereocenters. The zero-order valence-electron chi connectivity index (χ0n) is 12.1. The Kier molecular flexibility index (Phi) is 5.17. The number of guanidine groups is 1. The van der Waals surface area contributed by atoms with E-state index in [1.807, 2.05) is 13.0 Å². The predicted molar refractivity (Wildman–Crippen MR) is 82.2 cm³/mol. The third-order valence-corrected chi connectivity index (χ3v) is 4.10. The highest BCUT2D eigenvalue weighted by Gasteiger charge is 2.04. The van der Waals surface area contributed by atoms with Crippen molar-refractivity contribution in [3.05, 3.63) is 39.7 Å².